The molecule has 0 aromatic heterocycles. The highest BCUT2D eigenvalue weighted by atomic mass is 35.5. The fourth-order valence-corrected chi connectivity index (χ4v) is 2.66. The van der Waals surface area contributed by atoms with Gasteiger partial charge in [0, 0.05) is 17.6 Å². The first-order valence-electron chi connectivity index (χ1n) is 5.78. The molecule has 0 bridgehead atoms. The maximum absolute atomic E-state index is 6.05. The van der Waals surface area contributed by atoms with E-state index in [0.717, 1.165) is 30.1 Å². The van der Waals surface area contributed by atoms with Crippen LogP contribution in [0.25, 0.3) is 0 Å². The van der Waals surface area contributed by atoms with E-state index in [4.69, 9.17) is 17.3 Å². The van der Waals surface area contributed by atoms with Crippen molar-refractivity contribution in [2.45, 2.75) is 19.4 Å². The lowest BCUT2D eigenvalue weighted by atomic mass is 9.99. The van der Waals surface area contributed by atoms with Crippen molar-refractivity contribution in [1.82, 2.24) is 4.90 Å². The van der Waals surface area contributed by atoms with E-state index in [1.165, 1.54) is 5.56 Å². The minimum absolute atomic E-state index is 0.504. The molecule has 0 saturated carbocycles. The zero-order chi connectivity index (χ0) is 11.7. The lowest BCUT2D eigenvalue weighted by Gasteiger charge is -2.20. The van der Waals surface area contributed by atoms with E-state index >= 15 is 0 Å². The van der Waals surface area contributed by atoms with E-state index in [2.05, 4.69) is 31.0 Å². The van der Waals surface area contributed by atoms with Gasteiger partial charge in [0.05, 0.1) is 0 Å². The molecule has 3 heteroatoms. The van der Waals surface area contributed by atoms with Gasteiger partial charge in [0.2, 0.25) is 0 Å². The minimum Gasteiger partial charge on any atom is -0.330 e. The van der Waals surface area contributed by atoms with Gasteiger partial charge in [-0.1, -0.05) is 23.7 Å². The summed E-state index contributed by atoms with van der Waals surface area (Å²) >= 11 is 6.05. The van der Waals surface area contributed by atoms with Crippen molar-refractivity contribution in [3.63, 3.8) is 0 Å². The summed E-state index contributed by atoms with van der Waals surface area (Å²) in [6.07, 6.45) is 1.16. The fourth-order valence-electron chi connectivity index (χ4n) is 2.54. The molecule has 1 aliphatic heterocycles. The van der Waals surface area contributed by atoms with Gasteiger partial charge in [0.15, 0.2) is 0 Å². The molecule has 0 radical (unpaired) electrons. The standard InChI is InChI=1S/C13H19ClN2/c1-9-5-11(3-4-12(9)14)13-6-10(7-15)8-16(13)2/h3-5,10,13H,6-8,15H2,1-2H3. The zero-order valence-corrected chi connectivity index (χ0v) is 10.7. The molecule has 0 amide bonds. The molecule has 1 heterocycles. The molecular formula is C13H19ClN2. The van der Waals surface area contributed by atoms with Crippen LogP contribution < -0.4 is 5.73 Å². The van der Waals surface area contributed by atoms with Crippen LogP contribution in [0.2, 0.25) is 5.02 Å². The topological polar surface area (TPSA) is 29.3 Å². The van der Waals surface area contributed by atoms with E-state index in [1.54, 1.807) is 0 Å². The summed E-state index contributed by atoms with van der Waals surface area (Å²) < 4.78 is 0. The molecule has 0 spiro atoms. The molecule has 88 valence electrons. The Morgan fingerprint density at radius 1 is 1.50 bits per heavy atom. The Balaban J connectivity index is 2.21. The van der Waals surface area contributed by atoms with Crippen molar-refractivity contribution in [3.05, 3.63) is 34.3 Å². The van der Waals surface area contributed by atoms with E-state index in [0.29, 0.717) is 12.0 Å². The third-order valence-corrected chi connectivity index (χ3v) is 3.96. The lowest BCUT2D eigenvalue weighted by Crippen LogP contribution is -2.20. The van der Waals surface area contributed by atoms with E-state index < -0.39 is 0 Å². The lowest BCUT2D eigenvalue weighted by molar-refractivity contribution is 0.313. The first kappa shape index (κ1) is 11.9. The van der Waals surface area contributed by atoms with E-state index in [9.17, 15) is 0 Å². The summed E-state index contributed by atoms with van der Waals surface area (Å²) in [4.78, 5) is 2.39. The second-order valence-corrected chi connectivity index (χ2v) is 5.21. The largest absolute Gasteiger partial charge is 0.330 e. The summed E-state index contributed by atoms with van der Waals surface area (Å²) in [6.45, 7) is 3.94. The highest BCUT2D eigenvalue weighted by molar-refractivity contribution is 6.31. The van der Waals surface area contributed by atoms with Crippen molar-refractivity contribution in [2.24, 2.45) is 11.7 Å². The molecule has 0 aliphatic carbocycles. The van der Waals surface area contributed by atoms with Gasteiger partial charge >= 0.3 is 0 Å². The smallest absolute Gasteiger partial charge is 0.0435 e. The molecule has 2 nitrogen and oxygen atoms in total. The van der Waals surface area contributed by atoms with Gasteiger partial charge in [-0.15, -0.1) is 0 Å². The van der Waals surface area contributed by atoms with Gasteiger partial charge in [0.1, 0.15) is 0 Å². The maximum Gasteiger partial charge on any atom is 0.0435 e. The normalized spacial score (nSPS) is 26.2. The van der Waals surface area contributed by atoms with Crippen LogP contribution in [0.1, 0.15) is 23.6 Å². The van der Waals surface area contributed by atoms with Gasteiger partial charge in [0.25, 0.3) is 0 Å². The molecule has 2 N–H and O–H groups in total. The number of hydrogen-bond acceptors (Lipinski definition) is 2. The van der Waals surface area contributed by atoms with Gasteiger partial charge in [-0.2, -0.15) is 0 Å². The van der Waals surface area contributed by atoms with Gasteiger partial charge in [-0.05, 0) is 50.0 Å². The predicted molar refractivity (Wildman–Crippen MR) is 68.7 cm³/mol. The number of benzene rings is 1. The van der Waals surface area contributed by atoms with Crippen LogP contribution >= 0.6 is 11.6 Å². The molecule has 1 saturated heterocycles. The monoisotopic (exact) mass is 238 g/mol. The van der Waals surface area contributed by atoms with Gasteiger partial charge in [-0.3, -0.25) is 4.90 Å². The molecule has 2 unspecified atom stereocenters. The molecule has 1 fully saturated rings. The van der Waals surface area contributed by atoms with Crippen LogP contribution in [0.4, 0.5) is 0 Å². The summed E-state index contributed by atoms with van der Waals surface area (Å²) in [5.74, 6) is 0.631. The van der Waals surface area contributed by atoms with Crippen molar-refractivity contribution in [3.8, 4) is 0 Å². The Bertz CT molecular complexity index is 378. The van der Waals surface area contributed by atoms with Crippen molar-refractivity contribution < 1.29 is 0 Å². The molecule has 2 atom stereocenters. The highest BCUT2D eigenvalue weighted by Crippen LogP contribution is 2.34. The highest BCUT2D eigenvalue weighted by Gasteiger charge is 2.29. The summed E-state index contributed by atoms with van der Waals surface area (Å²) in [5, 5.41) is 0.847. The number of rotatable bonds is 2. The molecule has 1 aliphatic rings. The molecule has 2 rings (SSSR count). The number of hydrogen-bond donors (Lipinski definition) is 1. The molecule has 1 aromatic carbocycles. The third kappa shape index (κ3) is 2.24. The van der Waals surface area contributed by atoms with Crippen molar-refractivity contribution in [1.29, 1.82) is 0 Å². The van der Waals surface area contributed by atoms with E-state index in [-0.39, 0.29) is 0 Å². The number of nitrogens with two attached hydrogens (primary N) is 1. The fraction of sp³-hybridized carbons (Fsp3) is 0.538. The Hall–Kier alpha value is -0.570. The second kappa shape index (κ2) is 4.74. The van der Waals surface area contributed by atoms with Crippen molar-refractivity contribution >= 4 is 11.6 Å². The first-order valence-corrected chi connectivity index (χ1v) is 6.16. The Morgan fingerprint density at radius 3 is 2.81 bits per heavy atom. The van der Waals surface area contributed by atoms with Crippen LogP contribution in [-0.4, -0.2) is 25.0 Å². The summed E-state index contributed by atoms with van der Waals surface area (Å²) in [5.41, 5.74) is 8.26. The first-order chi connectivity index (χ1) is 7.61. The summed E-state index contributed by atoms with van der Waals surface area (Å²) in [7, 11) is 2.17. The van der Waals surface area contributed by atoms with Crippen LogP contribution in [0, 0.1) is 12.8 Å². The van der Waals surface area contributed by atoms with Gasteiger partial charge < -0.3 is 5.73 Å². The van der Waals surface area contributed by atoms with Crippen LogP contribution in [0.15, 0.2) is 18.2 Å². The number of likely N-dealkylation sites (tertiary alicyclic amines) is 1. The second-order valence-electron chi connectivity index (χ2n) is 4.80. The Labute approximate surface area is 102 Å². The maximum atomic E-state index is 6.05. The van der Waals surface area contributed by atoms with Gasteiger partial charge in [-0.25, -0.2) is 0 Å². The quantitative estimate of drug-likeness (QED) is 0.858. The van der Waals surface area contributed by atoms with Crippen LogP contribution in [0.5, 0.6) is 0 Å². The van der Waals surface area contributed by atoms with E-state index in [1.807, 2.05) is 6.07 Å². The van der Waals surface area contributed by atoms with Crippen molar-refractivity contribution in [2.75, 3.05) is 20.1 Å². The molecule has 16 heavy (non-hydrogen) atoms. The zero-order valence-electron chi connectivity index (χ0n) is 9.91. The Morgan fingerprint density at radius 2 is 2.25 bits per heavy atom. The number of aryl methyl sites for hydroxylation is 1. The number of nitrogens with zero attached hydrogens (tertiary/aromatic N) is 1. The summed E-state index contributed by atoms with van der Waals surface area (Å²) in [6, 6.07) is 6.83. The van der Waals surface area contributed by atoms with Crippen LogP contribution in [-0.2, 0) is 0 Å². The predicted octanol–water partition coefficient (Wildman–Crippen LogP) is 2.60. The molecular weight excluding hydrogens is 220 g/mol. The minimum atomic E-state index is 0.504. The average molecular weight is 239 g/mol. The Kier molecular flexibility index (Phi) is 3.53. The third-order valence-electron chi connectivity index (χ3n) is 3.53. The molecule has 1 aromatic rings. The van der Waals surface area contributed by atoms with Crippen LogP contribution in [0.3, 0.4) is 0 Å². The SMILES string of the molecule is Cc1cc(C2CC(CN)CN2C)ccc1Cl. The number of halogens is 1. The average Bonchev–Trinajstić information content (AvgIpc) is 2.64.